The lowest BCUT2D eigenvalue weighted by Gasteiger charge is -2.16. The van der Waals surface area contributed by atoms with Crippen LogP contribution in [0.25, 0.3) is 0 Å². The molecule has 0 amide bonds. The van der Waals surface area contributed by atoms with Crippen molar-refractivity contribution in [3.8, 4) is 0 Å². The number of benzene rings is 1. The molecule has 2 rings (SSSR count). The quantitative estimate of drug-likeness (QED) is 0.849. The second kappa shape index (κ2) is 7.86. The molecule has 1 atom stereocenters. The second-order valence-electron chi connectivity index (χ2n) is 5.04. The molecule has 1 N–H and O–H groups in total. The van der Waals surface area contributed by atoms with Gasteiger partial charge in [-0.25, -0.2) is 0 Å². The Balaban J connectivity index is 2.01. The monoisotopic (exact) mass is 285 g/mol. The number of aromatic nitrogens is 2. The van der Waals surface area contributed by atoms with Gasteiger partial charge in [0.05, 0.1) is 18.0 Å². The average Bonchev–Trinajstić information content (AvgIpc) is 2.52. The Morgan fingerprint density at radius 1 is 1.14 bits per heavy atom. The molecule has 1 aromatic heterocycles. The first-order valence-corrected chi connectivity index (χ1v) is 7.37. The summed E-state index contributed by atoms with van der Waals surface area (Å²) in [5.41, 5.74) is 4.47. The van der Waals surface area contributed by atoms with Gasteiger partial charge < -0.3 is 10.1 Å². The van der Waals surface area contributed by atoms with E-state index in [4.69, 9.17) is 4.74 Å². The molecule has 21 heavy (non-hydrogen) atoms. The number of aryl methyl sites for hydroxylation is 1. The number of nitrogens with zero attached hydrogens (tertiary/aromatic N) is 2. The van der Waals surface area contributed by atoms with E-state index in [1.54, 1.807) is 12.4 Å². The standard InChI is InChI=1S/C17H23N3O/c1-4-21-12-16-8-6-5-7-15(16)11-20-14(3)17-13(2)18-9-10-19-17/h5-10,14,20H,4,11-12H2,1-3H3. The van der Waals surface area contributed by atoms with E-state index >= 15 is 0 Å². The summed E-state index contributed by atoms with van der Waals surface area (Å²) in [5, 5.41) is 3.51. The van der Waals surface area contributed by atoms with Crippen molar-refractivity contribution < 1.29 is 4.74 Å². The van der Waals surface area contributed by atoms with Gasteiger partial charge in [-0.3, -0.25) is 9.97 Å². The molecule has 2 aromatic rings. The van der Waals surface area contributed by atoms with E-state index in [1.165, 1.54) is 11.1 Å². The van der Waals surface area contributed by atoms with Crippen LogP contribution in [0.2, 0.25) is 0 Å². The van der Waals surface area contributed by atoms with E-state index in [-0.39, 0.29) is 6.04 Å². The third-order valence-electron chi connectivity index (χ3n) is 3.51. The van der Waals surface area contributed by atoms with Crippen LogP contribution < -0.4 is 5.32 Å². The van der Waals surface area contributed by atoms with Gasteiger partial charge in [-0.05, 0) is 31.9 Å². The lowest BCUT2D eigenvalue weighted by Crippen LogP contribution is -2.21. The summed E-state index contributed by atoms with van der Waals surface area (Å²) < 4.78 is 5.52. The van der Waals surface area contributed by atoms with Crippen molar-refractivity contribution >= 4 is 0 Å². The van der Waals surface area contributed by atoms with Crippen molar-refractivity contribution in [2.45, 2.75) is 40.0 Å². The normalized spacial score (nSPS) is 12.3. The smallest absolute Gasteiger partial charge is 0.0782 e. The maximum absolute atomic E-state index is 5.52. The molecule has 4 nitrogen and oxygen atoms in total. The van der Waals surface area contributed by atoms with Crippen molar-refractivity contribution in [2.24, 2.45) is 0 Å². The zero-order valence-electron chi connectivity index (χ0n) is 13.0. The van der Waals surface area contributed by atoms with E-state index in [1.807, 2.05) is 19.9 Å². The Kier molecular flexibility index (Phi) is 5.84. The minimum absolute atomic E-state index is 0.166. The SMILES string of the molecule is CCOCc1ccccc1CNC(C)c1nccnc1C. The minimum Gasteiger partial charge on any atom is -0.377 e. The molecule has 1 unspecified atom stereocenters. The zero-order chi connectivity index (χ0) is 15.1. The highest BCUT2D eigenvalue weighted by Gasteiger charge is 2.10. The first-order chi connectivity index (χ1) is 10.2. The van der Waals surface area contributed by atoms with Crippen LogP contribution in [0.1, 0.15) is 42.4 Å². The number of hydrogen-bond donors (Lipinski definition) is 1. The van der Waals surface area contributed by atoms with E-state index < -0.39 is 0 Å². The van der Waals surface area contributed by atoms with Gasteiger partial charge in [-0.2, -0.15) is 0 Å². The average molecular weight is 285 g/mol. The molecule has 0 aliphatic carbocycles. The third kappa shape index (κ3) is 4.34. The van der Waals surface area contributed by atoms with Gasteiger partial charge >= 0.3 is 0 Å². The first-order valence-electron chi connectivity index (χ1n) is 7.37. The second-order valence-corrected chi connectivity index (χ2v) is 5.04. The van der Waals surface area contributed by atoms with E-state index in [9.17, 15) is 0 Å². The van der Waals surface area contributed by atoms with Crippen LogP contribution in [0.4, 0.5) is 0 Å². The summed E-state index contributed by atoms with van der Waals surface area (Å²) in [6.45, 7) is 8.30. The molecule has 0 fully saturated rings. The van der Waals surface area contributed by atoms with Crippen molar-refractivity contribution in [1.82, 2.24) is 15.3 Å². The zero-order valence-corrected chi connectivity index (χ0v) is 13.0. The van der Waals surface area contributed by atoms with Crippen LogP contribution in [-0.4, -0.2) is 16.6 Å². The first kappa shape index (κ1) is 15.6. The van der Waals surface area contributed by atoms with Gasteiger partial charge in [0.2, 0.25) is 0 Å². The Hall–Kier alpha value is -1.78. The highest BCUT2D eigenvalue weighted by molar-refractivity contribution is 5.26. The van der Waals surface area contributed by atoms with Gasteiger partial charge in [0.15, 0.2) is 0 Å². The number of hydrogen-bond acceptors (Lipinski definition) is 4. The Bertz CT molecular complexity index is 571. The van der Waals surface area contributed by atoms with Crippen molar-refractivity contribution in [3.63, 3.8) is 0 Å². The predicted molar refractivity (Wildman–Crippen MR) is 83.8 cm³/mol. The Morgan fingerprint density at radius 2 is 1.86 bits per heavy atom. The third-order valence-corrected chi connectivity index (χ3v) is 3.51. The number of nitrogens with one attached hydrogen (secondary N) is 1. The van der Waals surface area contributed by atoms with Gasteiger partial charge in [0, 0.05) is 31.6 Å². The van der Waals surface area contributed by atoms with Gasteiger partial charge in [0.1, 0.15) is 0 Å². The summed E-state index contributed by atoms with van der Waals surface area (Å²) in [7, 11) is 0. The number of ether oxygens (including phenoxy) is 1. The molecular weight excluding hydrogens is 262 g/mol. The lowest BCUT2D eigenvalue weighted by atomic mass is 10.1. The molecule has 0 saturated heterocycles. The fraction of sp³-hybridized carbons (Fsp3) is 0.412. The fourth-order valence-corrected chi connectivity index (χ4v) is 2.29. The lowest BCUT2D eigenvalue weighted by molar-refractivity contribution is 0.133. The minimum atomic E-state index is 0.166. The summed E-state index contributed by atoms with van der Waals surface area (Å²) >= 11 is 0. The van der Waals surface area contributed by atoms with Crippen molar-refractivity contribution in [1.29, 1.82) is 0 Å². The van der Waals surface area contributed by atoms with Gasteiger partial charge in [-0.1, -0.05) is 24.3 Å². The maximum Gasteiger partial charge on any atom is 0.0782 e. The van der Waals surface area contributed by atoms with E-state index in [0.717, 1.165) is 24.5 Å². The molecule has 1 aromatic carbocycles. The maximum atomic E-state index is 5.52. The molecule has 0 bridgehead atoms. The van der Waals surface area contributed by atoms with Crippen LogP contribution in [-0.2, 0) is 17.9 Å². The highest BCUT2D eigenvalue weighted by atomic mass is 16.5. The Morgan fingerprint density at radius 3 is 2.57 bits per heavy atom. The molecule has 0 aliphatic heterocycles. The molecule has 1 heterocycles. The van der Waals surface area contributed by atoms with E-state index in [2.05, 4.69) is 40.4 Å². The van der Waals surface area contributed by atoms with Gasteiger partial charge in [0.25, 0.3) is 0 Å². The molecule has 0 aliphatic rings. The Labute approximate surface area is 126 Å². The van der Waals surface area contributed by atoms with Crippen LogP contribution >= 0.6 is 0 Å². The highest BCUT2D eigenvalue weighted by Crippen LogP contribution is 2.15. The summed E-state index contributed by atoms with van der Waals surface area (Å²) in [4.78, 5) is 8.70. The topological polar surface area (TPSA) is 47.0 Å². The molecular formula is C17H23N3O. The van der Waals surface area contributed by atoms with Crippen molar-refractivity contribution in [3.05, 3.63) is 59.2 Å². The van der Waals surface area contributed by atoms with Gasteiger partial charge in [-0.15, -0.1) is 0 Å². The summed E-state index contributed by atoms with van der Waals surface area (Å²) in [6.07, 6.45) is 3.46. The van der Waals surface area contributed by atoms with E-state index in [0.29, 0.717) is 6.61 Å². The molecule has 0 spiro atoms. The van der Waals surface area contributed by atoms with Crippen LogP contribution in [0.15, 0.2) is 36.7 Å². The largest absolute Gasteiger partial charge is 0.377 e. The molecule has 0 radical (unpaired) electrons. The molecule has 0 saturated carbocycles. The summed E-state index contributed by atoms with van der Waals surface area (Å²) in [6, 6.07) is 8.53. The van der Waals surface area contributed by atoms with Crippen LogP contribution in [0.3, 0.4) is 0 Å². The van der Waals surface area contributed by atoms with Crippen LogP contribution in [0.5, 0.6) is 0 Å². The molecule has 4 heteroatoms. The number of rotatable bonds is 7. The fourth-order valence-electron chi connectivity index (χ4n) is 2.29. The van der Waals surface area contributed by atoms with Crippen LogP contribution in [0, 0.1) is 6.92 Å². The molecule has 112 valence electrons. The van der Waals surface area contributed by atoms with Crippen molar-refractivity contribution in [2.75, 3.05) is 6.61 Å². The summed E-state index contributed by atoms with van der Waals surface area (Å²) in [5.74, 6) is 0. The predicted octanol–water partition coefficient (Wildman–Crippen LogP) is 3.17.